The van der Waals surface area contributed by atoms with Crippen molar-refractivity contribution in [2.24, 2.45) is 5.10 Å². The molecule has 25 heavy (non-hydrogen) atoms. The number of benzene rings is 2. The standard InChI is InChI=1S/C16H12BrN3O5/c17-11-4-5-13(21)10(6-11)8-18-20-15(23)14(22)19-12-3-1-2-9(7-12)16(24)25/h1-8,21H,(H,19,22)(H,20,23)(H,24,25)/b18-8+. The number of aromatic hydroxyl groups is 1. The molecule has 0 spiro atoms. The van der Waals surface area contributed by atoms with E-state index >= 15 is 0 Å². The SMILES string of the molecule is O=C(N/N=C/c1cc(Br)ccc1O)C(=O)Nc1cccc(C(=O)O)c1. The van der Waals surface area contributed by atoms with Gasteiger partial charge in [-0.25, -0.2) is 10.2 Å². The third-order valence-electron chi connectivity index (χ3n) is 2.93. The van der Waals surface area contributed by atoms with Crippen LogP contribution in [0, 0.1) is 0 Å². The quantitative estimate of drug-likeness (QED) is 0.351. The van der Waals surface area contributed by atoms with Gasteiger partial charge in [0.2, 0.25) is 0 Å². The molecule has 0 unspecified atom stereocenters. The van der Waals surface area contributed by atoms with Gasteiger partial charge in [-0.2, -0.15) is 5.10 Å². The zero-order valence-electron chi connectivity index (χ0n) is 12.6. The second-order valence-corrected chi connectivity index (χ2v) is 5.66. The van der Waals surface area contributed by atoms with Crippen LogP contribution in [0.15, 0.2) is 52.0 Å². The van der Waals surface area contributed by atoms with Crippen molar-refractivity contribution in [3.05, 3.63) is 58.1 Å². The van der Waals surface area contributed by atoms with Crippen LogP contribution in [0.4, 0.5) is 5.69 Å². The Morgan fingerprint density at radius 1 is 1.08 bits per heavy atom. The summed E-state index contributed by atoms with van der Waals surface area (Å²) >= 11 is 3.23. The van der Waals surface area contributed by atoms with E-state index in [0.717, 1.165) is 0 Å². The summed E-state index contributed by atoms with van der Waals surface area (Å²) in [4.78, 5) is 34.3. The minimum Gasteiger partial charge on any atom is -0.507 e. The highest BCUT2D eigenvalue weighted by Gasteiger charge is 2.14. The van der Waals surface area contributed by atoms with Crippen LogP contribution in [0.25, 0.3) is 0 Å². The first-order chi connectivity index (χ1) is 11.9. The number of carbonyl (C=O) groups excluding carboxylic acids is 2. The van der Waals surface area contributed by atoms with E-state index < -0.39 is 17.8 Å². The molecule has 0 aliphatic rings. The lowest BCUT2D eigenvalue weighted by Gasteiger charge is -2.05. The molecule has 2 rings (SSSR count). The Bertz CT molecular complexity index is 867. The van der Waals surface area contributed by atoms with E-state index in [4.69, 9.17) is 5.11 Å². The third kappa shape index (κ3) is 5.15. The maximum absolute atomic E-state index is 11.8. The first kappa shape index (κ1) is 18.1. The second kappa shape index (κ2) is 8.06. The topological polar surface area (TPSA) is 128 Å². The van der Waals surface area contributed by atoms with Gasteiger partial charge in [0, 0.05) is 15.7 Å². The van der Waals surface area contributed by atoms with Gasteiger partial charge < -0.3 is 15.5 Å². The monoisotopic (exact) mass is 405 g/mol. The Kier molecular flexibility index (Phi) is 5.85. The zero-order valence-corrected chi connectivity index (χ0v) is 14.1. The van der Waals surface area contributed by atoms with E-state index in [1.165, 1.54) is 36.5 Å². The first-order valence-electron chi connectivity index (χ1n) is 6.83. The van der Waals surface area contributed by atoms with Crippen LogP contribution in [-0.4, -0.2) is 34.2 Å². The molecule has 4 N–H and O–H groups in total. The maximum atomic E-state index is 11.8. The van der Waals surface area contributed by atoms with E-state index in [9.17, 15) is 19.5 Å². The van der Waals surface area contributed by atoms with Gasteiger partial charge in [0.1, 0.15) is 5.75 Å². The molecule has 0 aromatic heterocycles. The number of phenols is 1. The molecule has 8 nitrogen and oxygen atoms in total. The Labute approximate surface area is 150 Å². The fraction of sp³-hybridized carbons (Fsp3) is 0. The van der Waals surface area contributed by atoms with Crippen LogP contribution in [0.1, 0.15) is 15.9 Å². The van der Waals surface area contributed by atoms with E-state index in [2.05, 4.69) is 26.3 Å². The van der Waals surface area contributed by atoms with Crippen LogP contribution in [0.3, 0.4) is 0 Å². The average molecular weight is 406 g/mol. The number of hydrazone groups is 1. The van der Waals surface area contributed by atoms with Gasteiger partial charge in [-0.05, 0) is 36.4 Å². The lowest BCUT2D eigenvalue weighted by Crippen LogP contribution is -2.32. The predicted octanol–water partition coefficient (Wildman–Crippen LogP) is 1.94. The number of aromatic carboxylic acids is 1. The molecular formula is C16H12BrN3O5. The molecule has 0 atom stereocenters. The van der Waals surface area contributed by atoms with Crippen LogP contribution in [0.5, 0.6) is 5.75 Å². The summed E-state index contributed by atoms with van der Waals surface area (Å²) in [5.74, 6) is -3.26. The number of halogens is 1. The Morgan fingerprint density at radius 2 is 1.84 bits per heavy atom. The third-order valence-corrected chi connectivity index (χ3v) is 3.43. The van der Waals surface area contributed by atoms with E-state index in [-0.39, 0.29) is 17.0 Å². The summed E-state index contributed by atoms with van der Waals surface area (Å²) < 4.78 is 0.703. The molecule has 0 saturated heterocycles. The lowest BCUT2D eigenvalue weighted by atomic mass is 10.2. The molecule has 0 saturated carbocycles. The number of phenolic OH excluding ortho intramolecular Hbond substituents is 1. The minimum atomic E-state index is -1.15. The second-order valence-electron chi connectivity index (χ2n) is 4.74. The summed E-state index contributed by atoms with van der Waals surface area (Å²) in [7, 11) is 0. The van der Waals surface area contributed by atoms with Gasteiger partial charge in [0.25, 0.3) is 0 Å². The number of carbonyl (C=O) groups is 3. The number of hydrogen-bond donors (Lipinski definition) is 4. The van der Waals surface area contributed by atoms with Crippen molar-refractivity contribution in [3.63, 3.8) is 0 Å². The molecule has 128 valence electrons. The van der Waals surface area contributed by atoms with E-state index in [0.29, 0.717) is 10.0 Å². The largest absolute Gasteiger partial charge is 0.507 e. The van der Waals surface area contributed by atoms with Gasteiger partial charge in [0.05, 0.1) is 11.8 Å². The van der Waals surface area contributed by atoms with Crippen LogP contribution in [0.2, 0.25) is 0 Å². The molecule has 0 bridgehead atoms. The normalized spacial score (nSPS) is 10.4. The molecule has 2 amide bonds. The summed E-state index contributed by atoms with van der Waals surface area (Å²) in [6.45, 7) is 0. The van der Waals surface area contributed by atoms with Crippen molar-refractivity contribution in [2.45, 2.75) is 0 Å². The molecular weight excluding hydrogens is 394 g/mol. The summed E-state index contributed by atoms with van der Waals surface area (Å²) in [5, 5.41) is 24.4. The summed E-state index contributed by atoms with van der Waals surface area (Å²) in [5.41, 5.74) is 2.48. The number of amides is 2. The Balaban J connectivity index is 1.97. The van der Waals surface area contributed by atoms with Crippen LogP contribution >= 0.6 is 15.9 Å². The van der Waals surface area contributed by atoms with Gasteiger partial charge in [-0.15, -0.1) is 0 Å². The Morgan fingerprint density at radius 3 is 2.56 bits per heavy atom. The van der Waals surface area contributed by atoms with Crippen molar-refractivity contribution < 1.29 is 24.6 Å². The number of anilines is 1. The van der Waals surface area contributed by atoms with Gasteiger partial charge in [-0.3, -0.25) is 9.59 Å². The lowest BCUT2D eigenvalue weighted by molar-refractivity contribution is -0.136. The van der Waals surface area contributed by atoms with Crippen molar-refractivity contribution >= 4 is 45.6 Å². The molecule has 2 aromatic rings. The minimum absolute atomic E-state index is 0.0265. The predicted molar refractivity (Wildman–Crippen MR) is 93.6 cm³/mol. The van der Waals surface area contributed by atoms with Crippen molar-refractivity contribution in [1.29, 1.82) is 0 Å². The fourth-order valence-corrected chi connectivity index (χ4v) is 2.14. The number of nitrogens with zero attached hydrogens (tertiary/aromatic N) is 1. The van der Waals surface area contributed by atoms with Crippen molar-refractivity contribution in [1.82, 2.24) is 5.43 Å². The summed E-state index contributed by atoms with van der Waals surface area (Å²) in [6, 6.07) is 10.1. The molecule has 0 aliphatic heterocycles. The van der Waals surface area contributed by atoms with E-state index in [1.807, 2.05) is 5.43 Å². The number of carboxylic acid groups (broad SMARTS) is 1. The molecule has 0 aliphatic carbocycles. The van der Waals surface area contributed by atoms with Gasteiger partial charge >= 0.3 is 17.8 Å². The highest BCUT2D eigenvalue weighted by molar-refractivity contribution is 9.10. The zero-order chi connectivity index (χ0) is 18.4. The number of carboxylic acids is 1. The highest BCUT2D eigenvalue weighted by atomic mass is 79.9. The molecule has 0 radical (unpaired) electrons. The van der Waals surface area contributed by atoms with Crippen LogP contribution < -0.4 is 10.7 Å². The first-order valence-corrected chi connectivity index (χ1v) is 7.62. The number of rotatable bonds is 4. The maximum Gasteiger partial charge on any atom is 0.335 e. The van der Waals surface area contributed by atoms with Gasteiger partial charge in [-0.1, -0.05) is 22.0 Å². The summed E-state index contributed by atoms with van der Waals surface area (Å²) in [6.07, 6.45) is 1.18. The number of nitrogens with one attached hydrogen (secondary N) is 2. The molecule has 0 fully saturated rings. The molecule has 9 heteroatoms. The molecule has 2 aromatic carbocycles. The van der Waals surface area contributed by atoms with Gasteiger partial charge in [0.15, 0.2) is 0 Å². The Hall–Kier alpha value is -3.20. The highest BCUT2D eigenvalue weighted by Crippen LogP contribution is 2.19. The number of hydrogen-bond acceptors (Lipinski definition) is 5. The average Bonchev–Trinajstić information content (AvgIpc) is 2.58. The smallest absolute Gasteiger partial charge is 0.335 e. The fourth-order valence-electron chi connectivity index (χ4n) is 1.76. The van der Waals surface area contributed by atoms with Crippen LogP contribution in [-0.2, 0) is 9.59 Å². The molecule has 0 heterocycles. The van der Waals surface area contributed by atoms with Crippen molar-refractivity contribution in [3.8, 4) is 5.75 Å². The van der Waals surface area contributed by atoms with E-state index in [1.54, 1.807) is 12.1 Å². The van der Waals surface area contributed by atoms with Crippen molar-refractivity contribution in [2.75, 3.05) is 5.32 Å².